The zero-order valence-electron chi connectivity index (χ0n) is 17.9. The van der Waals surface area contributed by atoms with Crippen LogP contribution in [0.4, 0.5) is 5.82 Å². The Morgan fingerprint density at radius 3 is 2.81 bits per heavy atom. The minimum absolute atomic E-state index is 0.0419. The number of fused-ring (bicyclic) bond motifs is 1. The van der Waals surface area contributed by atoms with E-state index in [1.807, 2.05) is 24.3 Å². The van der Waals surface area contributed by atoms with E-state index in [4.69, 9.17) is 16.0 Å². The molecule has 1 saturated carbocycles. The molecule has 2 aliphatic rings. The monoisotopic (exact) mass is 466 g/mol. The van der Waals surface area contributed by atoms with E-state index in [9.17, 15) is 4.79 Å². The maximum Gasteiger partial charge on any atom is 0.244 e. The van der Waals surface area contributed by atoms with Crippen LogP contribution in [-0.4, -0.2) is 54.4 Å². The van der Waals surface area contributed by atoms with E-state index in [0.717, 1.165) is 50.6 Å². The fourth-order valence-electron chi connectivity index (χ4n) is 4.43. The van der Waals surface area contributed by atoms with Crippen molar-refractivity contribution in [2.45, 2.75) is 6.42 Å². The van der Waals surface area contributed by atoms with Crippen LogP contribution < -0.4 is 10.2 Å². The molecule has 2 fully saturated rings. The first-order valence-corrected chi connectivity index (χ1v) is 12.3. The third kappa shape index (κ3) is 5.14. The number of hydrogen-bond acceptors (Lipinski definition) is 5. The summed E-state index contributed by atoms with van der Waals surface area (Å²) >= 11 is 7.57. The Bertz CT molecular complexity index is 1120. The Balaban J connectivity index is 1.03. The van der Waals surface area contributed by atoms with Gasteiger partial charge in [0.15, 0.2) is 0 Å². The molecule has 0 radical (unpaired) electrons. The van der Waals surface area contributed by atoms with Gasteiger partial charge in [0.25, 0.3) is 0 Å². The van der Waals surface area contributed by atoms with Crippen molar-refractivity contribution in [2.75, 3.05) is 44.2 Å². The van der Waals surface area contributed by atoms with Crippen molar-refractivity contribution in [1.82, 2.24) is 14.6 Å². The van der Waals surface area contributed by atoms with Gasteiger partial charge in [-0.3, -0.25) is 9.69 Å². The van der Waals surface area contributed by atoms with Gasteiger partial charge in [0.2, 0.25) is 5.91 Å². The van der Waals surface area contributed by atoms with Crippen LogP contribution in [0.1, 0.15) is 12.0 Å². The number of carbonyl (C=O) groups is 1. The van der Waals surface area contributed by atoms with Gasteiger partial charge < -0.3 is 10.2 Å². The summed E-state index contributed by atoms with van der Waals surface area (Å²) in [6, 6.07) is 16.0. The number of anilines is 1. The van der Waals surface area contributed by atoms with E-state index < -0.39 is 0 Å². The van der Waals surface area contributed by atoms with Gasteiger partial charge in [-0.05, 0) is 65.7 Å². The highest BCUT2D eigenvalue weighted by molar-refractivity contribution is 7.13. The quantitative estimate of drug-likeness (QED) is 0.519. The van der Waals surface area contributed by atoms with Crippen LogP contribution in [0.2, 0.25) is 5.02 Å². The summed E-state index contributed by atoms with van der Waals surface area (Å²) in [5, 5.41) is 4.99. The Kier molecular flexibility index (Phi) is 6.44. The van der Waals surface area contributed by atoms with Crippen molar-refractivity contribution in [3.63, 3.8) is 0 Å². The minimum Gasteiger partial charge on any atom is -0.353 e. The van der Waals surface area contributed by atoms with Crippen molar-refractivity contribution in [1.29, 1.82) is 0 Å². The molecule has 1 aromatic heterocycles. The highest BCUT2D eigenvalue weighted by Gasteiger charge is 2.38. The van der Waals surface area contributed by atoms with Gasteiger partial charge in [-0.25, -0.2) is 0 Å². The molecule has 0 bridgehead atoms. The molecule has 2 atom stereocenters. The molecule has 3 aromatic rings. The molecule has 1 saturated heterocycles. The molecule has 2 heterocycles. The number of halogens is 1. The van der Waals surface area contributed by atoms with Crippen molar-refractivity contribution < 1.29 is 4.79 Å². The molecule has 1 aliphatic carbocycles. The molecule has 5 rings (SSSR count). The number of hydrogen-bond donors (Lipinski definition) is 1. The number of nitrogens with one attached hydrogen (secondary N) is 1. The zero-order valence-corrected chi connectivity index (χ0v) is 19.5. The summed E-state index contributed by atoms with van der Waals surface area (Å²) in [5.74, 6) is 2.39. The van der Waals surface area contributed by atoms with Gasteiger partial charge in [-0.1, -0.05) is 35.9 Å². The van der Waals surface area contributed by atoms with Crippen LogP contribution in [0, 0.1) is 11.8 Å². The van der Waals surface area contributed by atoms with E-state index in [1.165, 1.54) is 16.5 Å². The standard InChI is InChI=1S/C25H27ClN4OS/c26-21-5-3-4-18(14-21)8-9-24(31)27-16-19-15-20(19)17-29-10-12-30(13-11-29)25-22-6-1-2-7-23(22)32-28-25/h1-9,14,19-20H,10-13,15-17H2,(H,27,31)/t19-,20-/m1/s1. The van der Waals surface area contributed by atoms with E-state index in [2.05, 4.69) is 39.4 Å². The molecule has 32 heavy (non-hydrogen) atoms. The van der Waals surface area contributed by atoms with E-state index in [-0.39, 0.29) is 5.91 Å². The van der Waals surface area contributed by atoms with Crippen LogP contribution in [-0.2, 0) is 4.79 Å². The highest BCUT2D eigenvalue weighted by atomic mass is 35.5. The molecule has 1 N–H and O–H groups in total. The normalized spacial score (nSPS) is 21.3. The van der Waals surface area contributed by atoms with Crippen LogP contribution in [0.3, 0.4) is 0 Å². The predicted molar refractivity (Wildman–Crippen MR) is 133 cm³/mol. The zero-order chi connectivity index (χ0) is 21.9. The topological polar surface area (TPSA) is 48.5 Å². The second-order valence-corrected chi connectivity index (χ2v) is 9.92. The number of rotatable bonds is 7. The largest absolute Gasteiger partial charge is 0.353 e. The molecular formula is C25H27ClN4OS. The van der Waals surface area contributed by atoms with Gasteiger partial charge in [0, 0.05) is 55.8 Å². The lowest BCUT2D eigenvalue weighted by Crippen LogP contribution is -2.47. The van der Waals surface area contributed by atoms with E-state index in [1.54, 1.807) is 23.7 Å². The van der Waals surface area contributed by atoms with Crippen molar-refractivity contribution in [3.8, 4) is 0 Å². The number of carbonyl (C=O) groups excluding carboxylic acids is 1. The SMILES string of the molecule is O=C(C=Cc1cccc(Cl)c1)NC[C@H]1C[C@@H]1CN1CCN(c2nsc3ccccc23)CC1. The van der Waals surface area contributed by atoms with Crippen molar-refractivity contribution in [3.05, 3.63) is 65.2 Å². The lowest BCUT2D eigenvalue weighted by atomic mass is 10.2. The number of piperazine rings is 1. The Morgan fingerprint density at radius 1 is 1.12 bits per heavy atom. The molecule has 7 heteroatoms. The summed E-state index contributed by atoms with van der Waals surface area (Å²) in [6.45, 7) is 6.08. The fraction of sp³-hybridized carbons (Fsp3) is 0.360. The van der Waals surface area contributed by atoms with E-state index in [0.29, 0.717) is 16.9 Å². The van der Waals surface area contributed by atoms with Crippen LogP contribution in [0.5, 0.6) is 0 Å². The van der Waals surface area contributed by atoms with Gasteiger partial charge >= 0.3 is 0 Å². The predicted octanol–water partition coefficient (Wildman–Crippen LogP) is 4.54. The summed E-state index contributed by atoms with van der Waals surface area (Å²) in [5.41, 5.74) is 0.932. The first-order valence-electron chi connectivity index (χ1n) is 11.2. The first-order chi connectivity index (χ1) is 15.7. The van der Waals surface area contributed by atoms with Crippen LogP contribution >= 0.6 is 23.1 Å². The molecule has 1 aliphatic heterocycles. The fourth-order valence-corrected chi connectivity index (χ4v) is 5.43. The summed E-state index contributed by atoms with van der Waals surface area (Å²) in [4.78, 5) is 17.1. The van der Waals surface area contributed by atoms with Crippen molar-refractivity contribution >= 4 is 51.0 Å². The molecule has 166 valence electrons. The molecule has 2 aromatic carbocycles. The lowest BCUT2D eigenvalue weighted by molar-refractivity contribution is -0.116. The van der Waals surface area contributed by atoms with Gasteiger partial charge in [-0.15, -0.1) is 0 Å². The number of aromatic nitrogens is 1. The third-order valence-electron chi connectivity index (χ3n) is 6.41. The molecule has 0 spiro atoms. The Morgan fingerprint density at radius 2 is 1.97 bits per heavy atom. The smallest absolute Gasteiger partial charge is 0.244 e. The summed E-state index contributed by atoms with van der Waals surface area (Å²) in [6.07, 6.45) is 4.59. The van der Waals surface area contributed by atoms with Gasteiger partial charge in [0.1, 0.15) is 5.82 Å². The maximum atomic E-state index is 12.1. The first kappa shape index (κ1) is 21.4. The molecule has 5 nitrogen and oxygen atoms in total. The Labute approximate surface area is 197 Å². The average molecular weight is 467 g/mol. The summed E-state index contributed by atoms with van der Waals surface area (Å²) in [7, 11) is 0. The molecular weight excluding hydrogens is 440 g/mol. The molecule has 1 amide bonds. The van der Waals surface area contributed by atoms with Crippen LogP contribution in [0.15, 0.2) is 54.6 Å². The van der Waals surface area contributed by atoms with Crippen LogP contribution in [0.25, 0.3) is 16.2 Å². The van der Waals surface area contributed by atoms with Crippen molar-refractivity contribution in [2.24, 2.45) is 11.8 Å². The maximum absolute atomic E-state index is 12.1. The Hall–Kier alpha value is -2.41. The van der Waals surface area contributed by atoms with E-state index >= 15 is 0 Å². The highest BCUT2D eigenvalue weighted by Crippen LogP contribution is 2.39. The number of benzene rings is 2. The molecule has 0 unspecified atom stereocenters. The second kappa shape index (κ2) is 9.61. The summed E-state index contributed by atoms with van der Waals surface area (Å²) < 4.78 is 5.97. The third-order valence-corrected chi connectivity index (χ3v) is 7.46. The van der Waals surface area contributed by atoms with Gasteiger partial charge in [0.05, 0.1) is 4.70 Å². The number of nitrogens with zero attached hydrogens (tertiary/aromatic N) is 3. The lowest BCUT2D eigenvalue weighted by Gasteiger charge is -2.35. The minimum atomic E-state index is -0.0419. The van der Waals surface area contributed by atoms with Gasteiger partial charge in [-0.2, -0.15) is 4.37 Å². The second-order valence-electron chi connectivity index (χ2n) is 8.68. The average Bonchev–Trinajstić information content (AvgIpc) is 3.41. The number of amides is 1.